The molecule has 0 spiro atoms. The van der Waals surface area contributed by atoms with Crippen molar-refractivity contribution in [1.82, 2.24) is 4.98 Å². The Hall–Kier alpha value is -2.42. The van der Waals surface area contributed by atoms with E-state index in [-0.39, 0.29) is 5.82 Å². The number of halogens is 1. The van der Waals surface area contributed by atoms with Crippen LogP contribution in [0.2, 0.25) is 0 Å². The van der Waals surface area contributed by atoms with Crippen LogP contribution in [-0.4, -0.2) is 4.98 Å². The number of benzene rings is 2. The minimum Gasteiger partial charge on any atom is -0.379 e. The number of nitrogens with one attached hydrogen (secondary N) is 1. The number of aromatic nitrogens is 1. The van der Waals surface area contributed by atoms with Gasteiger partial charge >= 0.3 is 0 Å². The van der Waals surface area contributed by atoms with Crippen molar-refractivity contribution in [3.63, 3.8) is 0 Å². The van der Waals surface area contributed by atoms with E-state index in [1.807, 2.05) is 36.4 Å². The Bertz CT molecular complexity index is 753. The summed E-state index contributed by atoms with van der Waals surface area (Å²) in [5, 5.41) is 4.36. The van der Waals surface area contributed by atoms with Crippen molar-refractivity contribution in [2.24, 2.45) is 0 Å². The van der Waals surface area contributed by atoms with Crippen LogP contribution >= 0.6 is 0 Å². The van der Waals surface area contributed by atoms with Gasteiger partial charge in [-0.3, -0.25) is 4.98 Å². The van der Waals surface area contributed by atoms with Crippen molar-refractivity contribution in [2.75, 3.05) is 5.32 Å². The molecule has 0 saturated carbocycles. The van der Waals surface area contributed by atoms with Gasteiger partial charge in [-0.25, -0.2) is 4.39 Å². The van der Waals surface area contributed by atoms with E-state index in [0.29, 0.717) is 12.1 Å². The van der Waals surface area contributed by atoms with E-state index < -0.39 is 0 Å². The second-order valence-corrected chi connectivity index (χ2v) is 4.76. The van der Waals surface area contributed by atoms with Crippen molar-refractivity contribution in [3.8, 4) is 0 Å². The number of anilines is 1. The summed E-state index contributed by atoms with van der Waals surface area (Å²) in [6.07, 6.45) is 0. The maximum Gasteiger partial charge on any atom is 0.128 e. The minimum atomic E-state index is -0.193. The zero-order valence-electron chi connectivity index (χ0n) is 11.2. The van der Waals surface area contributed by atoms with Crippen molar-refractivity contribution in [1.29, 1.82) is 0 Å². The summed E-state index contributed by atoms with van der Waals surface area (Å²) in [5.74, 6) is -0.193. The van der Waals surface area contributed by atoms with Crippen LogP contribution in [0.15, 0.2) is 54.6 Å². The molecule has 0 bridgehead atoms. The fourth-order valence-corrected chi connectivity index (χ4v) is 2.19. The summed E-state index contributed by atoms with van der Waals surface area (Å²) in [5.41, 5.74) is 3.35. The first-order valence-corrected chi connectivity index (χ1v) is 6.58. The molecule has 0 radical (unpaired) electrons. The molecule has 2 nitrogen and oxygen atoms in total. The highest BCUT2D eigenvalue weighted by Crippen LogP contribution is 2.18. The monoisotopic (exact) mass is 266 g/mol. The summed E-state index contributed by atoms with van der Waals surface area (Å²) in [6.45, 7) is 2.35. The van der Waals surface area contributed by atoms with Gasteiger partial charge in [0.2, 0.25) is 0 Å². The highest BCUT2D eigenvalue weighted by Gasteiger charge is 2.03. The van der Waals surface area contributed by atoms with E-state index in [4.69, 9.17) is 0 Å². The SMILES string of the molecule is Cc1c(F)cccc1NCc1ccc2ccccc2n1. The molecular weight excluding hydrogens is 251 g/mol. The molecule has 1 heterocycles. The summed E-state index contributed by atoms with van der Waals surface area (Å²) < 4.78 is 13.5. The molecule has 2 aromatic carbocycles. The van der Waals surface area contributed by atoms with E-state index in [0.717, 1.165) is 22.3 Å². The van der Waals surface area contributed by atoms with Gasteiger partial charge < -0.3 is 5.32 Å². The first kappa shape index (κ1) is 12.6. The average Bonchev–Trinajstić information content (AvgIpc) is 2.48. The van der Waals surface area contributed by atoms with Crippen LogP contribution in [0.5, 0.6) is 0 Å². The van der Waals surface area contributed by atoms with E-state index in [2.05, 4.69) is 16.4 Å². The van der Waals surface area contributed by atoms with Gasteiger partial charge in [0, 0.05) is 16.6 Å². The summed E-state index contributed by atoms with van der Waals surface area (Å²) in [4.78, 5) is 4.59. The Kier molecular flexibility index (Phi) is 3.33. The van der Waals surface area contributed by atoms with Gasteiger partial charge in [0.15, 0.2) is 0 Å². The average molecular weight is 266 g/mol. The lowest BCUT2D eigenvalue weighted by atomic mass is 10.1. The molecule has 0 fully saturated rings. The topological polar surface area (TPSA) is 24.9 Å². The summed E-state index contributed by atoms with van der Waals surface area (Å²) >= 11 is 0. The van der Waals surface area contributed by atoms with E-state index in [1.165, 1.54) is 6.07 Å². The molecule has 1 N–H and O–H groups in total. The first-order valence-electron chi connectivity index (χ1n) is 6.58. The molecule has 20 heavy (non-hydrogen) atoms. The Morgan fingerprint density at radius 3 is 2.75 bits per heavy atom. The number of nitrogens with zero attached hydrogens (tertiary/aromatic N) is 1. The molecule has 3 rings (SSSR count). The van der Waals surface area contributed by atoms with E-state index in [9.17, 15) is 4.39 Å². The van der Waals surface area contributed by atoms with Crippen LogP contribution in [0, 0.1) is 12.7 Å². The molecule has 3 heteroatoms. The van der Waals surface area contributed by atoms with Crippen LogP contribution in [-0.2, 0) is 6.54 Å². The van der Waals surface area contributed by atoms with Gasteiger partial charge in [-0.15, -0.1) is 0 Å². The summed E-state index contributed by atoms with van der Waals surface area (Å²) in [7, 11) is 0. The number of hydrogen-bond donors (Lipinski definition) is 1. The van der Waals surface area contributed by atoms with E-state index >= 15 is 0 Å². The van der Waals surface area contributed by atoms with Crippen LogP contribution in [0.1, 0.15) is 11.3 Å². The lowest BCUT2D eigenvalue weighted by molar-refractivity contribution is 0.619. The second kappa shape index (κ2) is 5.29. The van der Waals surface area contributed by atoms with Gasteiger partial charge in [0.25, 0.3) is 0 Å². The maximum atomic E-state index is 13.5. The largest absolute Gasteiger partial charge is 0.379 e. The van der Waals surface area contributed by atoms with Crippen molar-refractivity contribution >= 4 is 16.6 Å². The van der Waals surface area contributed by atoms with Gasteiger partial charge in [-0.2, -0.15) is 0 Å². The number of rotatable bonds is 3. The molecule has 0 aliphatic carbocycles. The smallest absolute Gasteiger partial charge is 0.128 e. The molecule has 1 aromatic heterocycles. The molecular formula is C17H15FN2. The molecule has 0 amide bonds. The third kappa shape index (κ3) is 2.48. The van der Waals surface area contributed by atoms with Crippen molar-refractivity contribution in [2.45, 2.75) is 13.5 Å². The Morgan fingerprint density at radius 1 is 1.00 bits per heavy atom. The van der Waals surface area contributed by atoms with Gasteiger partial charge in [-0.1, -0.05) is 30.3 Å². The normalized spacial score (nSPS) is 10.7. The quantitative estimate of drug-likeness (QED) is 0.764. The fraction of sp³-hybridized carbons (Fsp3) is 0.118. The molecule has 0 saturated heterocycles. The Morgan fingerprint density at radius 2 is 1.85 bits per heavy atom. The minimum absolute atomic E-state index is 0.193. The molecule has 0 aliphatic rings. The van der Waals surface area contributed by atoms with Gasteiger partial charge in [0.1, 0.15) is 5.82 Å². The first-order chi connectivity index (χ1) is 9.74. The number of pyridine rings is 1. The maximum absolute atomic E-state index is 13.5. The number of fused-ring (bicyclic) bond motifs is 1. The molecule has 100 valence electrons. The van der Waals surface area contributed by atoms with Gasteiger partial charge in [0.05, 0.1) is 17.8 Å². The van der Waals surface area contributed by atoms with Crippen molar-refractivity contribution < 1.29 is 4.39 Å². The lowest BCUT2D eigenvalue weighted by Gasteiger charge is -2.10. The zero-order chi connectivity index (χ0) is 13.9. The van der Waals surface area contributed by atoms with Gasteiger partial charge in [-0.05, 0) is 31.2 Å². The third-order valence-electron chi connectivity index (χ3n) is 3.38. The van der Waals surface area contributed by atoms with E-state index in [1.54, 1.807) is 13.0 Å². The van der Waals surface area contributed by atoms with Crippen LogP contribution in [0.3, 0.4) is 0 Å². The highest BCUT2D eigenvalue weighted by atomic mass is 19.1. The zero-order valence-corrected chi connectivity index (χ0v) is 11.2. The molecule has 3 aromatic rings. The van der Waals surface area contributed by atoms with Crippen LogP contribution in [0.25, 0.3) is 10.9 Å². The van der Waals surface area contributed by atoms with Crippen molar-refractivity contribution in [3.05, 3.63) is 71.7 Å². The molecule has 0 aliphatic heterocycles. The second-order valence-electron chi connectivity index (χ2n) is 4.76. The predicted octanol–water partition coefficient (Wildman–Crippen LogP) is 4.29. The lowest BCUT2D eigenvalue weighted by Crippen LogP contribution is -2.03. The molecule has 0 unspecified atom stereocenters. The standard InChI is InChI=1S/C17H15FN2/c1-12-15(18)6-4-8-16(12)19-11-14-10-9-13-5-2-3-7-17(13)20-14/h2-10,19H,11H2,1H3. The third-order valence-corrected chi connectivity index (χ3v) is 3.38. The number of hydrogen-bond acceptors (Lipinski definition) is 2. The fourth-order valence-electron chi connectivity index (χ4n) is 2.19. The highest BCUT2D eigenvalue weighted by molar-refractivity contribution is 5.78. The summed E-state index contributed by atoms with van der Waals surface area (Å²) in [6, 6.07) is 17.1. The van der Waals surface area contributed by atoms with Crippen LogP contribution in [0.4, 0.5) is 10.1 Å². The Balaban J connectivity index is 1.81. The van der Waals surface area contributed by atoms with Crippen LogP contribution < -0.4 is 5.32 Å². The predicted molar refractivity (Wildman–Crippen MR) is 80.2 cm³/mol. The molecule has 0 atom stereocenters. The Labute approximate surface area is 117 Å². The number of para-hydroxylation sites is 1.